The van der Waals surface area contributed by atoms with Crippen LogP contribution in [0.3, 0.4) is 0 Å². The number of hydrogen-bond donors (Lipinski definition) is 2. The van der Waals surface area contributed by atoms with Crippen LogP contribution in [-0.2, 0) is 17.9 Å². The number of methoxy groups -OCH3 is 1. The lowest BCUT2D eigenvalue weighted by Gasteiger charge is -2.08. The lowest BCUT2D eigenvalue weighted by atomic mass is 10.2. The number of urea groups is 1. The third-order valence-corrected chi connectivity index (χ3v) is 3.90. The first-order valence-electron chi connectivity index (χ1n) is 6.34. The van der Waals surface area contributed by atoms with Gasteiger partial charge in [0.15, 0.2) is 0 Å². The molecule has 0 spiro atoms. The number of rotatable bonds is 5. The standard InChI is InChI=1S/C15H18N2O2S/c1-11-6-7-20-14(11)9-16-15(18)17-13-5-3-4-12(8-13)10-19-2/h3-8H,9-10H2,1-2H3,(H2,16,17,18). The van der Waals surface area contributed by atoms with E-state index < -0.39 is 0 Å². The van der Waals surface area contributed by atoms with Crippen molar-refractivity contribution in [1.82, 2.24) is 5.32 Å². The molecule has 20 heavy (non-hydrogen) atoms. The largest absolute Gasteiger partial charge is 0.380 e. The fraction of sp³-hybridized carbons (Fsp3) is 0.267. The summed E-state index contributed by atoms with van der Waals surface area (Å²) in [5.74, 6) is 0. The summed E-state index contributed by atoms with van der Waals surface area (Å²) in [6, 6.07) is 9.46. The molecular weight excluding hydrogens is 272 g/mol. The number of benzene rings is 1. The molecule has 0 unspecified atom stereocenters. The molecule has 0 saturated carbocycles. The maximum Gasteiger partial charge on any atom is 0.319 e. The van der Waals surface area contributed by atoms with Crippen molar-refractivity contribution in [2.75, 3.05) is 12.4 Å². The highest BCUT2D eigenvalue weighted by atomic mass is 32.1. The second-order valence-corrected chi connectivity index (χ2v) is 5.47. The smallest absolute Gasteiger partial charge is 0.319 e. The molecule has 0 bridgehead atoms. The van der Waals surface area contributed by atoms with Crippen LogP contribution >= 0.6 is 11.3 Å². The van der Waals surface area contributed by atoms with E-state index in [-0.39, 0.29) is 6.03 Å². The van der Waals surface area contributed by atoms with Crippen LogP contribution in [0.5, 0.6) is 0 Å². The lowest BCUT2D eigenvalue weighted by Crippen LogP contribution is -2.28. The molecule has 1 aromatic heterocycles. The first-order chi connectivity index (χ1) is 9.69. The Morgan fingerprint density at radius 2 is 2.20 bits per heavy atom. The second-order valence-electron chi connectivity index (χ2n) is 4.47. The highest BCUT2D eigenvalue weighted by Crippen LogP contribution is 2.15. The Kier molecular flexibility index (Phi) is 5.15. The van der Waals surface area contributed by atoms with Gasteiger partial charge in [0.2, 0.25) is 0 Å². The van der Waals surface area contributed by atoms with Gasteiger partial charge >= 0.3 is 6.03 Å². The van der Waals surface area contributed by atoms with Gasteiger partial charge in [-0.3, -0.25) is 0 Å². The molecule has 4 nitrogen and oxygen atoms in total. The number of hydrogen-bond acceptors (Lipinski definition) is 3. The molecule has 0 aliphatic heterocycles. The summed E-state index contributed by atoms with van der Waals surface area (Å²) in [6.07, 6.45) is 0. The molecule has 0 aliphatic carbocycles. The monoisotopic (exact) mass is 290 g/mol. The number of amides is 2. The Bertz CT molecular complexity index is 581. The lowest BCUT2D eigenvalue weighted by molar-refractivity contribution is 0.185. The van der Waals surface area contributed by atoms with E-state index in [1.54, 1.807) is 18.4 Å². The predicted octanol–water partition coefficient (Wildman–Crippen LogP) is 3.52. The average Bonchev–Trinajstić information content (AvgIpc) is 2.83. The molecule has 2 amide bonds. The summed E-state index contributed by atoms with van der Waals surface area (Å²) in [5.41, 5.74) is 3.00. The zero-order valence-corrected chi connectivity index (χ0v) is 12.4. The minimum absolute atomic E-state index is 0.202. The molecule has 1 aromatic carbocycles. The zero-order valence-electron chi connectivity index (χ0n) is 11.6. The van der Waals surface area contributed by atoms with Gasteiger partial charge in [-0.15, -0.1) is 11.3 Å². The van der Waals surface area contributed by atoms with Crippen LogP contribution in [0.4, 0.5) is 10.5 Å². The van der Waals surface area contributed by atoms with Crippen LogP contribution in [0, 0.1) is 6.92 Å². The van der Waals surface area contributed by atoms with E-state index in [0.717, 1.165) is 11.3 Å². The molecule has 2 rings (SSSR count). The van der Waals surface area contributed by atoms with E-state index in [1.807, 2.05) is 42.6 Å². The fourth-order valence-electron chi connectivity index (χ4n) is 1.83. The minimum Gasteiger partial charge on any atom is -0.380 e. The summed E-state index contributed by atoms with van der Waals surface area (Å²) >= 11 is 1.65. The van der Waals surface area contributed by atoms with Gasteiger partial charge in [-0.1, -0.05) is 12.1 Å². The Balaban J connectivity index is 1.88. The Labute approximate surface area is 122 Å². The molecule has 1 heterocycles. The molecule has 0 aliphatic rings. The molecule has 0 fully saturated rings. The van der Waals surface area contributed by atoms with E-state index in [9.17, 15) is 4.79 Å². The Hall–Kier alpha value is -1.85. The van der Waals surface area contributed by atoms with Gasteiger partial charge < -0.3 is 15.4 Å². The van der Waals surface area contributed by atoms with Crippen molar-refractivity contribution in [1.29, 1.82) is 0 Å². The van der Waals surface area contributed by atoms with Crippen molar-refractivity contribution in [3.05, 3.63) is 51.7 Å². The van der Waals surface area contributed by atoms with E-state index in [2.05, 4.69) is 10.6 Å². The number of thiophene rings is 1. The Morgan fingerprint density at radius 1 is 1.35 bits per heavy atom. The number of carbonyl (C=O) groups excluding carboxylic acids is 1. The number of ether oxygens (including phenoxy) is 1. The highest BCUT2D eigenvalue weighted by molar-refractivity contribution is 7.10. The number of aryl methyl sites for hydroxylation is 1. The van der Waals surface area contributed by atoms with E-state index in [0.29, 0.717) is 13.2 Å². The van der Waals surface area contributed by atoms with Gasteiger partial charge in [-0.2, -0.15) is 0 Å². The molecule has 2 N–H and O–H groups in total. The normalized spacial score (nSPS) is 10.3. The topological polar surface area (TPSA) is 50.4 Å². The third-order valence-electron chi connectivity index (χ3n) is 2.87. The molecule has 5 heteroatoms. The van der Waals surface area contributed by atoms with E-state index >= 15 is 0 Å². The first kappa shape index (κ1) is 14.6. The quantitative estimate of drug-likeness (QED) is 0.885. The number of nitrogens with one attached hydrogen (secondary N) is 2. The van der Waals surface area contributed by atoms with E-state index in [4.69, 9.17) is 4.74 Å². The first-order valence-corrected chi connectivity index (χ1v) is 7.22. The SMILES string of the molecule is COCc1cccc(NC(=O)NCc2sccc2C)c1. The van der Waals surface area contributed by atoms with E-state index in [1.165, 1.54) is 10.4 Å². The second kappa shape index (κ2) is 7.07. The molecule has 106 valence electrons. The summed E-state index contributed by atoms with van der Waals surface area (Å²) in [6.45, 7) is 3.12. The summed E-state index contributed by atoms with van der Waals surface area (Å²) in [4.78, 5) is 13.0. The van der Waals surface area contributed by atoms with Crippen molar-refractivity contribution >= 4 is 23.1 Å². The summed E-state index contributed by atoms with van der Waals surface area (Å²) in [7, 11) is 1.65. The van der Waals surface area contributed by atoms with Gasteiger partial charge in [0.25, 0.3) is 0 Å². The Morgan fingerprint density at radius 3 is 2.90 bits per heavy atom. The molecule has 2 aromatic rings. The number of anilines is 1. The maximum absolute atomic E-state index is 11.8. The van der Waals surface area contributed by atoms with Crippen LogP contribution in [0.25, 0.3) is 0 Å². The van der Waals surface area contributed by atoms with Crippen LogP contribution < -0.4 is 10.6 Å². The van der Waals surface area contributed by atoms with Crippen LogP contribution in [0.1, 0.15) is 16.0 Å². The van der Waals surface area contributed by atoms with Crippen molar-refractivity contribution in [3.8, 4) is 0 Å². The van der Waals surface area contributed by atoms with Gasteiger partial charge in [0.1, 0.15) is 0 Å². The zero-order chi connectivity index (χ0) is 14.4. The average molecular weight is 290 g/mol. The van der Waals surface area contributed by atoms with Crippen LogP contribution in [0.15, 0.2) is 35.7 Å². The summed E-state index contributed by atoms with van der Waals surface area (Å²) in [5, 5.41) is 7.70. The van der Waals surface area contributed by atoms with Crippen LogP contribution in [0.2, 0.25) is 0 Å². The minimum atomic E-state index is -0.202. The molecule has 0 saturated heterocycles. The maximum atomic E-state index is 11.8. The predicted molar refractivity (Wildman–Crippen MR) is 82.1 cm³/mol. The molecular formula is C15H18N2O2S. The fourth-order valence-corrected chi connectivity index (χ4v) is 2.67. The van der Waals surface area contributed by atoms with Crippen molar-refractivity contribution < 1.29 is 9.53 Å². The van der Waals surface area contributed by atoms with Gasteiger partial charge in [0.05, 0.1) is 13.2 Å². The number of carbonyl (C=O) groups is 1. The van der Waals surface area contributed by atoms with Crippen molar-refractivity contribution in [2.24, 2.45) is 0 Å². The van der Waals surface area contributed by atoms with Gasteiger partial charge in [-0.05, 0) is 41.6 Å². The van der Waals surface area contributed by atoms with Gasteiger partial charge in [-0.25, -0.2) is 4.79 Å². The highest BCUT2D eigenvalue weighted by Gasteiger charge is 2.04. The van der Waals surface area contributed by atoms with Crippen molar-refractivity contribution in [2.45, 2.75) is 20.1 Å². The van der Waals surface area contributed by atoms with Crippen molar-refractivity contribution in [3.63, 3.8) is 0 Å². The molecule has 0 radical (unpaired) electrons. The van der Waals surface area contributed by atoms with Crippen LogP contribution in [-0.4, -0.2) is 13.1 Å². The molecule has 0 atom stereocenters. The third kappa shape index (κ3) is 4.08. The summed E-state index contributed by atoms with van der Waals surface area (Å²) < 4.78 is 5.07. The van der Waals surface area contributed by atoms with Gasteiger partial charge in [0, 0.05) is 17.7 Å².